The van der Waals surface area contributed by atoms with Crippen molar-refractivity contribution >= 4 is 39.7 Å². The van der Waals surface area contributed by atoms with E-state index in [0.717, 1.165) is 31.3 Å². The zero-order valence-electron chi connectivity index (χ0n) is 15.2. The smallest absolute Gasteiger partial charge is 0.261 e. The molecule has 0 spiro atoms. The summed E-state index contributed by atoms with van der Waals surface area (Å²) in [4.78, 5) is 15.9. The predicted molar refractivity (Wildman–Crippen MR) is 105 cm³/mol. The van der Waals surface area contributed by atoms with Crippen LogP contribution < -0.4 is 10.1 Å². The second-order valence-corrected chi connectivity index (χ2v) is 8.59. The van der Waals surface area contributed by atoms with Crippen molar-refractivity contribution in [1.29, 1.82) is 0 Å². The van der Waals surface area contributed by atoms with Crippen molar-refractivity contribution in [3.63, 3.8) is 0 Å². The zero-order chi connectivity index (χ0) is 17.8. The normalized spacial score (nSPS) is 26.4. The van der Waals surface area contributed by atoms with Crippen LogP contribution in [0.1, 0.15) is 36.4 Å². The summed E-state index contributed by atoms with van der Waals surface area (Å²) in [5.74, 6) is 0.230. The highest BCUT2D eigenvalue weighted by Crippen LogP contribution is 2.39. The van der Waals surface area contributed by atoms with E-state index in [4.69, 9.17) is 4.74 Å². The summed E-state index contributed by atoms with van der Waals surface area (Å²) < 4.78 is 19.9. The average Bonchev–Trinajstić information content (AvgIpc) is 3.04. The van der Waals surface area contributed by atoms with E-state index in [2.05, 4.69) is 24.1 Å². The van der Waals surface area contributed by atoms with Crippen LogP contribution in [0, 0.1) is 11.7 Å². The summed E-state index contributed by atoms with van der Waals surface area (Å²) in [6.45, 7) is 6.63. The maximum Gasteiger partial charge on any atom is 0.261 e. The third kappa shape index (κ3) is 2.98. The first-order valence-electron chi connectivity index (χ1n) is 8.74. The number of thiophene rings is 1. The van der Waals surface area contributed by atoms with Crippen molar-refractivity contribution in [2.45, 2.75) is 38.3 Å². The molecule has 1 N–H and O–H groups in total. The quantitative estimate of drug-likeness (QED) is 0.847. The summed E-state index contributed by atoms with van der Waals surface area (Å²) in [6, 6.07) is 5.30. The Labute approximate surface area is 163 Å². The molecule has 0 radical (unpaired) electrons. The van der Waals surface area contributed by atoms with E-state index >= 15 is 0 Å². The van der Waals surface area contributed by atoms with Crippen molar-refractivity contribution in [1.82, 2.24) is 10.2 Å². The molecule has 3 aliphatic heterocycles. The van der Waals surface area contributed by atoms with Crippen molar-refractivity contribution in [3.05, 3.63) is 28.9 Å². The summed E-state index contributed by atoms with van der Waals surface area (Å²) in [5.41, 5.74) is -0.0397. The molecule has 4 nitrogen and oxygen atoms in total. The fraction of sp³-hybridized carbons (Fsp3) is 0.526. The number of carbonyl (C=O) groups is 1. The first-order valence-corrected chi connectivity index (χ1v) is 9.55. The zero-order valence-corrected chi connectivity index (χ0v) is 16.8. The minimum absolute atomic E-state index is 0. The molecule has 5 rings (SSSR count). The number of nitrogens with one attached hydrogen (secondary N) is 1. The lowest BCUT2D eigenvalue weighted by atomic mass is 9.72. The molecular formula is C19H24ClFN2O2S. The van der Waals surface area contributed by atoms with E-state index < -0.39 is 5.82 Å². The van der Waals surface area contributed by atoms with Gasteiger partial charge in [0, 0.05) is 11.6 Å². The third-order valence-electron chi connectivity index (χ3n) is 5.91. The van der Waals surface area contributed by atoms with E-state index in [1.807, 2.05) is 0 Å². The number of amides is 1. The number of ether oxygens (including phenoxy) is 1. The van der Waals surface area contributed by atoms with Gasteiger partial charge in [-0.1, -0.05) is 0 Å². The number of hydrogen-bond acceptors (Lipinski definition) is 4. The van der Waals surface area contributed by atoms with E-state index in [9.17, 15) is 9.18 Å². The first-order chi connectivity index (χ1) is 11.9. The van der Waals surface area contributed by atoms with Gasteiger partial charge in [-0.15, -0.1) is 23.7 Å². The topological polar surface area (TPSA) is 41.6 Å². The molecule has 0 aliphatic carbocycles. The van der Waals surface area contributed by atoms with Gasteiger partial charge in [0.05, 0.1) is 16.7 Å². The van der Waals surface area contributed by atoms with Crippen molar-refractivity contribution in [3.8, 4) is 5.75 Å². The lowest BCUT2D eigenvalue weighted by Gasteiger charge is -2.56. The van der Waals surface area contributed by atoms with Crippen LogP contribution >= 0.6 is 23.7 Å². The molecule has 1 aromatic carbocycles. The molecule has 0 unspecified atom stereocenters. The van der Waals surface area contributed by atoms with Crippen LogP contribution in [0.3, 0.4) is 0 Å². The molecule has 4 heterocycles. The van der Waals surface area contributed by atoms with E-state index in [0.29, 0.717) is 15.5 Å². The highest BCUT2D eigenvalue weighted by molar-refractivity contribution is 7.20. The Morgan fingerprint density at radius 3 is 2.65 bits per heavy atom. The fourth-order valence-corrected chi connectivity index (χ4v) is 5.40. The van der Waals surface area contributed by atoms with Gasteiger partial charge < -0.3 is 10.1 Å². The lowest BCUT2D eigenvalue weighted by molar-refractivity contribution is -0.0377. The molecule has 3 saturated heterocycles. The molecule has 2 bridgehead atoms. The van der Waals surface area contributed by atoms with Gasteiger partial charge in [0.1, 0.15) is 0 Å². The van der Waals surface area contributed by atoms with Crippen molar-refractivity contribution in [2.75, 3.05) is 20.2 Å². The second-order valence-electron chi connectivity index (χ2n) is 7.54. The number of rotatable bonds is 3. The highest BCUT2D eigenvalue weighted by Gasteiger charge is 2.48. The minimum Gasteiger partial charge on any atom is -0.494 e. The Morgan fingerprint density at radius 2 is 2.04 bits per heavy atom. The molecule has 1 aromatic heterocycles. The number of carbonyl (C=O) groups excluding carboxylic acids is 1. The number of methoxy groups -OCH3 is 1. The Hall–Kier alpha value is -1.37. The van der Waals surface area contributed by atoms with E-state index in [-0.39, 0.29) is 35.6 Å². The van der Waals surface area contributed by atoms with Gasteiger partial charge in [0.15, 0.2) is 11.6 Å². The van der Waals surface area contributed by atoms with Gasteiger partial charge in [0.2, 0.25) is 0 Å². The molecule has 3 aliphatic rings. The van der Waals surface area contributed by atoms with Gasteiger partial charge in [0.25, 0.3) is 5.91 Å². The Morgan fingerprint density at radius 1 is 1.35 bits per heavy atom. The number of piperidine rings is 3. The number of halogens is 2. The molecule has 0 saturated carbocycles. The molecule has 3 fully saturated rings. The average molecular weight is 399 g/mol. The number of hydrogen-bond donors (Lipinski definition) is 1. The van der Waals surface area contributed by atoms with Gasteiger partial charge >= 0.3 is 0 Å². The van der Waals surface area contributed by atoms with Crippen LogP contribution in [0.4, 0.5) is 4.39 Å². The van der Waals surface area contributed by atoms with Crippen LogP contribution in [0.25, 0.3) is 10.1 Å². The summed E-state index contributed by atoms with van der Waals surface area (Å²) >= 11 is 1.19. The van der Waals surface area contributed by atoms with Gasteiger partial charge in [-0.2, -0.15) is 0 Å². The van der Waals surface area contributed by atoms with Crippen LogP contribution in [-0.4, -0.2) is 42.6 Å². The maximum absolute atomic E-state index is 14.4. The van der Waals surface area contributed by atoms with Crippen LogP contribution in [0.15, 0.2) is 18.2 Å². The van der Waals surface area contributed by atoms with Crippen LogP contribution in [-0.2, 0) is 0 Å². The first kappa shape index (κ1) is 19.4. The maximum atomic E-state index is 14.4. The van der Waals surface area contributed by atoms with E-state index in [1.54, 1.807) is 18.2 Å². The molecule has 142 valence electrons. The van der Waals surface area contributed by atoms with Gasteiger partial charge in [-0.05, 0) is 69.3 Å². The van der Waals surface area contributed by atoms with E-state index in [1.165, 1.54) is 18.4 Å². The molecule has 1 atom stereocenters. The second kappa shape index (κ2) is 6.98. The van der Waals surface area contributed by atoms with Crippen LogP contribution in [0.5, 0.6) is 5.75 Å². The SMILES string of the molecule is COc1ccc2cc(C(=O)N[C@@H]3C4CCN(CC4)C3(C)C)sc2c1F.Cl. The lowest BCUT2D eigenvalue weighted by Crippen LogP contribution is -2.69. The third-order valence-corrected chi connectivity index (χ3v) is 7.05. The fourth-order valence-electron chi connectivity index (χ4n) is 4.41. The van der Waals surface area contributed by atoms with Crippen molar-refractivity contribution < 1.29 is 13.9 Å². The molecule has 2 aromatic rings. The summed E-state index contributed by atoms with van der Waals surface area (Å²) in [6.07, 6.45) is 2.26. The molecule has 1 amide bonds. The summed E-state index contributed by atoms with van der Waals surface area (Å²) in [7, 11) is 1.45. The number of fused-ring (bicyclic) bond motifs is 4. The van der Waals surface area contributed by atoms with Gasteiger partial charge in [-0.3, -0.25) is 9.69 Å². The highest BCUT2D eigenvalue weighted by atomic mass is 35.5. The molecular weight excluding hydrogens is 375 g/mol. The predicted octanol–water partition coefficient (Wildman–Crippen LogP) is 4.07. The standard InChI is InChI=1S/C19H23FN2O2S.ClH/c1-19(2)17(11-6-8-22(19)9-7-11)21-18(23)14-10-12-4-5-13(24-3)15(20)16(12)25-14;/h4-5,10-11,17H,6-9H2,1-3H3,(H,21,23);1H/t17-;/m1./s1. The number of nitrogens with zero attached hydrogens (tertiary/aromatic N) is 1. The molecule has 7 heteroatoms. The van der Waals surface area contributed by atoms with Gasteiger partial charge in [-0.25, -0.2) is 4.39 Å². The Kier molecular flexibility index (Phi) is 5.21. The minimum atomic E-state index is -0.396. The summed E-state index contributed by atoms with van der Waals surface area (Å²) in [5, 5.41) is 3.98. The monoisotopic (exact) mass is 398 g/mol. The van der Waals surface area contributed by atoms with Crippen molar-refractivity contribution in [2.24, 2.45) is 5.92 Å². The molecule has 26 heavy (non-hydrogen) atoms. The largest absolute Gasteiger partial charge is 0.494 e. The van der Waals surface area contributed by atoms with Crippen LogP contribution in [0.2, 0.25) is 0 Å². The Bertz CT molecular complexity index is 830. The Balaban J connectivity index is 0.00000196. The number of benzene rings is 1.